The summed E-state index contributed by atoms with van der Waals surface area (Å²) in [4.78, 5) is 11.3. The summed E-state index contributed by atoms with van der Waals surface area (Å²) in [6.45, 7) is 0. The Labute approximate surface area is 134 Å². The second-order valence-electron chi connectivity index (χ2n) is 5.36. The molecule has 0 fully saturated rings. The molecule has 0 spiro atoms. The molecule has 2 aromatic rings. The van der Waals surface area contributed by atoms with Crippen LogP contribution < -0.4 is 0 Å². The van der Waals surface area contributed by atoms with Crippen molar-refractivity contribution in [2.24, 2.45) is 0 Å². The molecule has 122 valence electrons. The van der Waals surface area contributed by atoms with Crippen LogP contribution in [0.25, 0.3) is 5.69 Å². The minimum atomic E-state index is -4.51. The molecule has 0 aliphatic heterocycles. The van der Waals surface area contributed by atoms with Gasteiger partial charge in [0.25, 0.3) is 0 Å². The molecule has 1 aromatic heterocycles. The van der Waals surface area contributed by atoms with E-state index in [4.69, 9.17) is 11.6 Å². The lowest BCUT2D eigenvalue weighted by Gasteiger charge is -2.16. The van der Waals surface area contributed by atoms with E-state index in [-0.39, 0.29) is 16.4 Å². The first-order valence-electron chi connectivity index (χ1n) is 7.00. The largest absolute Gasteiger partial charge is 0.476 e. The van der Waals surface area contributed by atoms with Gasteiger partial charge in [0.05, 0.1) is 16.3 Å². The first-order chi connectivity index (χ1) is 10.8. The average Bonchev–Trinajstić information content (AvgIpc) is 2.86. The van der Waals surface area contributed by atoms with Crippen LogP contribution in [0.1, 0.15) is 40.2 Å². The molecular weight excluding hydrogens is 333 g/mol. The maximum Gasteiger partial charge on any atom is 0.416 e. The van der Waals surface area contributed by atoms with Gasteiger partial charge in [-0.3, -0.25) is 0 Å². The lowest BCUT2D eigenvalue weighted by molar-refractivity contribution is -0.137. The molecule has 1 aromatic carbocycles. The molecule has 0 unspecified atom stereocenters. The number of nitrogens with zero attached hydrogens (tertiary/aromatic N) is 2. The van der Waals surface area contributed by atoms with Gasteiger partial charge in [-0.05, 0) is 43.9 Å². The number of hydrogen-bond acceptors (Lipinski definition) is 2. The van der Waals surface area contributed by atoms with Crippen LogP contribution in [0.3, 0.4) is 0 Å². The molecular formula is C15H12ClF3N2O2. The Balaban J connectivity index is 2.21. The van der Waals surface area contributed by atoms with Gasteiger partial charge in [0.1, 0.15) is 0 Å². The Bertz CT molecular complexity index is 784. The van der Waals surface area contributed by atoms with Gasteiger partial charge in [-0.15, -0.1) is 0 Å². The normalized spacial score (nSPS) is 14.6. The number of rotatable bonds is 2. The molecule has 1 aliphatic carbocycles. The smallest absolute Gasteiger partial charge is 0.416 e. The average molecular weight is 345 g/mol. The fourth-order valence-electron chi connectivity index (χ4n) is 2.82. The SMILES string of the molecule is O=C(O)c1nn(-c2cc(C(F)(F)F)ccc2Cl)c2c1CCCC2. The van der Waals surface area contributed by atoms with E-state index in [1.54, 1.807) is 0 Å². The fourth-order valence-corrected chi connectivity index (χ4v) is 3.02. The van der Waals surface area contributed by atoms with Crippen LogP contribution in [0.2, 0.25) is 5.02 Å². The third-order valence-corrected chi connectivity index (χ3v) is 4.20. The molecule has 1 aliphatic rings. The van der Waals surface area contributed by atoms with Crippen molar-refractivity contribution in [3.8, 4) is 5.69 Å². The molecule has 0 saturated carbocycles. The molecule has 0 radical (unpaired) electrons. The Morgan fingerprint density at radius 3 is 2.61 bits per heavy atom. The third-order valence-electron chi connectivity index (χ3n) is 3.88. The lowest BCUT2D eigenvalue weighted by atomic mass is 9.95. The molecule has 0 amide bonds. The number of alkyl halides is 3. The molecule has 1 heterocycles. The molecule has 0 saturated heterocycles. The second kappa shape index (κ2) is 5.56. The van der Waals surface area contributed by atoms with Gasteiger partial charge in [-0.1, -0.05) is 11.6 Å². The highest BCUT2D eigenvalue weighted by Crippen LogP contribution is 2.35. The van der Waals surface area contributed by atoms with Gasteiger partial charge in [0.2, 0.25) is 0 Å². The number of halogens is 4. The van der Waals surface area contributed by atoms with Crippen molar-refractivity contribution in [3.63, 3.8) is 0 Å². The highest BCUT2D eigenvalue weighted by Gasteiger charge is 2.32. The van der Waals surface area contributed by atoms with E-state index >= 15 is 0 Å². The first-order valence-corrected chi connectivity index (χ1v) is 7.38. The van der Waals surface area contributed by atoms with Gasteiger partial charge >= 0.3 is 12.1 Å². The monoisotopic (exact) mass is 344 g/mol. The quantitative estimate of drug-likeness (QED) is 0.891. The van der Waals surface area contributed by atoms with Crippen LogP contribution in [-0.4, -0.2) is 20.9 Å². The summed E-state index contributed by atoms with van der Waals surface area (Å²) in [5.41, 5.74) is 0.279. The van der Waals surface area contributed by atoms with Crippen LogP contribution in [0.5, 0.6) is 0 Å². The van der Waals surface area contributed by atoms with E-state index in [1.807, 2.05) is 0 Å². The molecule has 1 N–H and O–H groups in total. The number of fused-ring (bicyclic) bond motifs is 1. The van der Waals surface area contributed by atoms with Crippen molar-refractivity contribution >= 4 is 17.6 Å². The number of carbonyl (C=O) groups is 1. The zero-order valence-electron chi connectivity index (χ0n) is 11.8. The van der Waals surface area contributed by atoms with Crippen LogP contribution in [0.15, 0.2) is 18.2 Å². The highest BCUT2D eigenvalue weighted by atomic mass is 35.5. The Morgan fingerprint density at radius 1 is 1.26 bits per heavy atom. The van der Waals surface area contributed by atoms with Crippen molar-refractivity contribution in [2.75, 3.05) is 0 Å². The predicted octanol–water partition coefficient (Wildman–Crippen LogP) is 4.12. The second-order valence-corrected chi connectivity index (χ2v) is 5.77. The summed E-state index contributed by atoms with van der Waals surface area (Å²) >= 11 is 6.04. The van der Waals surface area contributed by atoms with Crippen molar-refractivity contribution in [1.29, 1.82) is 0 Å². The summed E-state index contributed by atoms with van der Waals surface area (Å²) in [6, 6.07) is 2.94. The van der Waals surface area contributed by atoms with Crippen LogP contribution >= 0.6 is 11.6 Å². The van der Waals surface area contributed by atoms with E-state index in [1.165, 1.54) is 4.68 Å². The minimum absolute atomic E-state index is 0.0483. The zero-order chi connectivity index (χ0) is 16.8. The maximum absolute atomic E-state index is 12.9. The Kier molecular flexibility index (Phi) is 3.83. The molecule has 4 nitrogen and oxygen atoms in total. The van der Waals surface area contributed by atoms with Crippen LogP contribution in [-0.2, 0) is 19.0 Å². The van der Waals surface area contributed by atoms with Gasteiger partial charge in [-0.25, -0.2) is 9.48 Å². The third kappa shape index (κ3) is 2.81. The van der Waals surface area contributed by atoms with E-state index in [0.717, 1.165) is 31.0 Å². The number of hydrogen-bond donors (Lipinski definition) is 1. The minimum Gasteiger partial charge on any atom is -0.476 e. The standard InChI is InChI=1S/C15H12ClF3N2O2/c16-10-6-5-8(15(17,18)19)7-12(10)21-11-4-2-1-3-9(11)13(20-21)14(22)23/h5-7H,1-4H2,(H,22,23). The lowest BCUT2D eigenvalue weighted by Crippen LogP contribution is -2.10. The van der Waals surface area contributed by atoms with Crippen molar-refractivity contribution in [2.45, 2.75) is 31.9 Å². The molecule has 3 rings (SSSR count). The summed E-state index contributed by atoms with van der Waals surface area (Å²) in [6.07, 6.45) is -1.75. The molecule has 8 heteroatoms. The van der Waals surface area contributed by atoms with Gasteiger partial charge in [0, 0.05) is 11.3 Å². The number of aromatic nitrogens is 2. The number of carboxylic acids is 1. The van der Waals surface area contributed by atoms with Crippen LogP contribution in [0, 0.1) is 0 Å². The fraction of sp³-hybridized carbons (Fsp3) is 0.333. The molecule has 0 bridgehead atoms. The summed E-state index contributed by atoms with van der Waals surface area (Å²) in [5, 5.41) is 13.4. The van der Waals surface area contributed by atoms with Crippen molar-refractivity contribution in [3.05, 3.63) is 45.7 Å². The van der Waals surface area contributed by atoms with Crippen molar-refractivity contribution in [1.82, 2.24) is 9.78 Å². The highest BCUT2D eigenvalue weighted by molar-refractivity contribution is 6.32. The Morgan fingerprint density at radius 2 is 1.96 bits per heavy atom. The van der Waals surface area contributed by atoms with Crippen molar-refractivity contribution < 1.29 is 23.1 Å². The maximum atomic E-state index is 12.9. The van der Waals surface area contributed by atoms with E-state index in [9.17, 15) is 23.1 Å². The Hall–Kier alpha value is -2.02. The van der Waals surface area contributed by atoms with Crippen LogP contribution in [0.4, 0.5) is 13.2 Å². The van der Waals surface area contributed by atoms with E-state index in [0.29, 0.717) is 24.1 Å². The molecule has 23 heavy (non-hydrogen) atoms. The summed E-state index contributed by atoms with van der Waals surface area (Å²) < 4.78 is 40.0. The van der Waals surface area contributed by atoms with Gasteiger partial charge in [0.15, 0.2) is 5.69 Å². The van der Waals surface area contributed by atoms with E-state index in [2.05, 4.69) is 5.10 Å². The summed E-state index contributed by atoms with van der Waals surface area (Å²) in [7, 11) is 0. The van der Waals surface area contributed by atoms with Gasteiger partial charge in [-0.2, -0.15) is 18.3 Å². The topological polar surface area (TPSA) is 55.1 Å². The van der Waals surface area contributed by atoms with Gasteiger partial charge < -0.3 is 5.11 Å². The number of carboxylic acid groups (broad SMARTS) is 1. The number of benzene rings is 1. The predicted molar refractivity (Wildman–Crippen MR) is 77.2 cm³/mol. The summed E-state index contributed by atoms with van der Waals surface area (Å²) in [5.74, 6) is -1.19. The first kappa shape index (κ1) is 15.9. The molecule has 0 atom stereocenters. The zero-order valence-corrected chi connectivity index (χ0v) is 12.6. The van der Waals surface area contributed by atoms with E-state index < -0.39 is 17.7 Å². The number of aromatic carboxylic acids is 1.